The molecular weight excluding hydrogens is 316 g/mol. The van der Waals surface area contributed by atoms with Gasteiger partial charge in [0.25, 0.3) is 0 Å². The Kier molecular flexibility index (Phi) is 4.79. The maximum absolute atomic E-state index is 12.3. The van der Waals surface area contributed by atoms with Gasteiger partial charge in [-0.2, -0.15) is 4.31 Å². The molecule has 1 heterocycles. The van der Waals surface area contributed by atoms with Gasteiger partial charge in [0.15, 0.2) is 0 Å². The normalized spacial score (nSPS) is 20.4. The highest BCUT2D eigenvalue weighted by Gasteiger charge is 2.40. The van der Waals surface area contributed by atoms with Gasteiger partial charge >= 0.3 is 0 Å². The van der Waals surface area contributed by atoms with Crippen LogP contribution in [0.1, 0.15) is 18.4 Å². The maximum atomic E-state index is 12.3. The number of methoxy groups -OCH3 is 2. The third-order valence-corrected chi connectivity index (χ3v) is 6.85. The highest BCUT2D eigenvalue weighted by molar-refractivity contribution is 7.90. The van der Waals surface area contributed by atoms with Gasteiger partial charge in [-0.25, -0.2) is 8.42 Å². The van der Waals surface area contributed by atoms with Crippen molar-refractivity contribution in [3.8, 4) is 11.5 Å². The van der Waals surface area contributed by atoms with Crippen molar-refractivity contribution in [3.05, 3.63) is 23.8 Å². The van der Waals surface area contributed by atoms with Crippen molar-refractivity contribution < 1.29 is 17.9 Å². The molecule has 1 aliphatic heterocycles. The van der Waals surface area contributed by atoms with Gasteiger partial charge in [0.05, 0.1) is 19.5 Å². The fourth-order valence-electron chi connectivity index (χ4n) is 2.93. The van der Waals surface area contributed by atoms with Gasteiger partial charge in [-0.05, 0) is 30.5 Å². The highest BCUT2D eigenvalue weighted by atomic mass is 32.2. The summed E-state index contributed by atoms with van der Waals surface area (Å²) in [6.07, 6.45) is 1.65. The fraction of sp³-hybridized carbons (Fsp3) is 0.625. The monoisotopic (exact) mass is 340 g/mol. The van der Waals surface area contributed by atoms with Gasteiger partial charge in [0, 0.05) is 38.8 Å². The number of sulfonamides is 1. The molecule has 1 aliphatic carbocycles. The fourth-order valence-corrected chi connectivity index (χ4v) is 4.76. The van der Waals surface area contributed by atoms with Gasteiger partial charge < -0.3 is 9.47 Å². The van der Waals surface area contributed by atoms with Crippen molar-refractivity contribution in [3.63, 3.8) is 0 Å². The number of nitrogens with zero attached hydrogens (tertiary/aromatic N) is 2. The number of piperazine rings is 1. The second kappa shape index (κ2) is 6.67. The summed E-state index contributed by atoms with van der Waals surface area (Å²) in [4.78, 5) is 2.27. The lowest BCUT2D eigenvalue weighted by atomic mass is 10.1. The summed E-state index contributed by atoms with van der Waals surface area (Å²) in [7, 11) is 0.238. The molecule has 0 unspecified atom stereocenters. The van der Waals surface area contributed by atoms with E-state index < -0.39 is 10.0 Å². The Balaban J connectivity index is 1.60. The Morgan fingerprint density at radius 3 is 2.04 bits per heavy atom. The van der Waals surface area contributed by atoms with E-state index in [1.165, 1.54) is 0 Å². The van der Waals surface area contributed by atoms with Crippen LogP contribution in [0.4, 0.5) is 0 Å². The molecule has 0 N–H and O–H groups in total. The lowest BCUT2D eigenvalue weighted by Gasteiger charge is -2.34. The largest absolute Gasteiger partial charge is 0.497 e. The molecule has 3 rings (SSSR count). The molecule has 7 heteroatoms. The summed E-state index contributed by atoms with van der Waals surface area (Å²) >= 11 is 0. The Hall–Kier alpha value is -1.31. The average Bonchev–Trinajstić information content (AvgIpc) is 3.40. The summed E-state index contributed by atoms with van der Waals surface area (Å²) in [5.74, 6) is 1.54. The second-order valence-electron chi connectivity index (χ2n) is 6.14. The highest BCUT2D eigenvalue weighted by Crippen LogP contribution is 2.31. The van der Waals surface area contributed by atoms with E-state index in [1.54, 1.807) is 18.5 Å². The molecule has 6 nitrogen and oxygen atoms in total. The number of hydrogen-bond donors (Lipinski definition) is 0. The van der Waals surface area contributed by atoms with Crippen LogP contribution in [0.5, 0.6) is 11.5 Å². The van der Waals surface area contributed by atoms with Gasteiger partial charge in [-0.1, -0.05) is 0 Å². The standard InChI is InChI=1S/C16H24N2O4S/c1-21-14-9-13(10-15(11-14)22-2)12-17-5-7-18(8-6-17)23(19,20)16-3-4-16/h9-11,16H,3-8,12H2,1-2H3. The van der Waals surface area contributed by atoms with E-state index in [2.05, 4.69) is 4.90 Å². The molecule has 128 valence electrons. The van der Waals surface area contributed by atoms with Crippen LogP contribution in [-0.4, -0.2) is 63.3 Å². The molecule has 1 saturated heterocycles. The topological polar surface area (TPSA) is 59.1 Å². The molecule has 1 saturated carbocycles. The minimum Gasteiger partial charge on any atom is -0.497 e. The van der Waals surface area contributed by atoms with Gasteiger partial charge in [-0.3, -0.25) is 4.90 Å². The van der Waals surface area contributed by atoms with Crippen molar-refractivity contribution >= 4 is 10.0 Å². The lowest BCUT2D eigenvalue weighted by molar-refractivity contribution is 0.181. The molecule has 0 radical (unpaired) electrons. The quantitative estimate of drug-likeness (QED) is 0.781. The van der Waals surface area contributed by atoms with Crippen LogP contribution in [0.2, 0.25) is 0 Å². The molecule has 0 spiro atoms. The van der Waals surface area contributed by atoms with E-state index in [9.17, 15) is 8.42 Å². The van der Waals surface area contributed by atoms with Gasteiger partial charge in [0.1, 0.15) is 11.5 Å². The third kappa shape index (κ3) is 3.79. The molecule has 0 atom stereocenters. The molecule has 1 aromatic carbocycles. The van der Waals surface area contributed by atoms with Crippen molar-refractivity contribution in [2.24, 2.45) is 0 Å². The molecule has 2 aliphatic rings. The van der Waals surface area contributed by atoms with Crippen LogP contribution in [0, 0.1) is 0 Å². The third-order valence-electron chi connectivity index (χ3n) is 4.45. The zero-order chi connectivity index (χ0) is 16.4. The molecule has 23 heavy (non-hydrogen) atoms. The summed E-state index contributed by atoms with van der Waals surface area (Å²) in [6, 6.07) is 5.84. The van der Waals surface area contributed by atoms with Crippen LogP contribution in [0.15, 0.2) is 18.2 Å². The summed E-state index contributed by atoms with van der Waals surface area (Å²) in [5.41, 5.74) is 1.11. The van der Waals surface area contributed by atoms with E-state index in [0.717, 1.165) is 49.5 Å². The predicted molar refractivity (Wildman–Crippen MR) is 88.3 cm³/mol. The maximum Gasteiger partial charge on any atom is 0.217 e. The zero-order valence-electron chi connectivity index (χ0n) is 13.7. The molecule has 2 fully saturated rings. The molecule has 0 amide bonds. The summed E-state index contributed by atoms with van der Waals surface area (Å²) < 4.78 is 36.8. The predicted octanol–water partition coefficient (Wildman–Crippen LogP) is 1.31. The molecule has 0 bridgehead atoms. The zero-order valence-corrected chi connectivity index (χ0v) is 14.5. The number of hydrogen-bond acceptors (Lipinski definition) is 5. The number of ether oxygens (including phenoxy) is 2. The average molecular weight is 340 g/mol. The number of benzene rings is 1. The molecular formula is C16H24N2O4S. The Morgan fingerprint density at radius 1 is 1.00 bits per heavy atom. The van der Waals surface area contributed by atoms with E-state index >= 15 is 0 Å². The Bertz CT molecular complexity index is 628. The molecule has 0 aromatic heterocycles. The first-order valence-electron chi connectivity index (χ1n) is 7.96. The summed E-state index contributed by atoms with van der Waals surface area (Å²) in [5, 5.41) is -0.114. The van der Waals surface area contributed by atoms with Crippen molar-refractivity contribution in [1.29, 1.82) is 0 Å². The lowest BCUT2D eigenvalue weighted by Crippen LogP contribution is -2.49. The minimum absolute atomic E-state index is 0.114. The summed E-state index contributed by atoms with van der Waals surface area (Å²) in [6.45, 7) is 3.45. The van der Waals surface area contributed by atoms with E-state index in [1.807, 2.05) is 18.2 Å². The van der Waals surface area contributed by atoms with E-state index in [-0.39, 0.29) is 5.25 Å². The van der Waals surface area contributed by atoms with Gasteiger partial charge in [-0.15, -0.1) is 0 Å². The minimum atomic E-state index is -3.04. The smallest absolute Gasteiger partial charge is 0.217 e. The SMILES string of the molecule is COc1cc(CN2CCN(S(=O)(=O)C3CC3)CC2)cc(OC)c1. The van der Waals surface area contributed by atoms with Crippen LogP contribution < -0.4 is 9.47 Å². The van der Waals surface area contributed by atoms with Crippen LogP contribution in [0.3, 0.4) is 0 Å². The first-order valence-corrected chi connectivity index (χ1v) is 9.46. The van der Waals surface area contributed by atoms with E-state index in [0.29, 0.717) is 13.1 Å². The molecule has 1 aromatic rings. The Labute approximate surface area is 138 Å². The van der Waals surface area contributed by atoms with Crippen LogP contribution in [0.25, 0.3) is 0 Å². The first-order chi connectivity index (χ1) is 11.0. The van der Waals surface area contributed by atoms with Crippen LogP contribution in [-0.2, 0) is 16.6 Å². The first kappa shape index (κ1) is 16.5. The second-order valence-corrected chi connectivity index (χ2v) is 8.35. The van der Waals surface area contributed by atoms with Crippen LogP contribution >= 0.6 is 0 Å². The van der Waals surface area contributed by atoms with Crippen molar-refractivity contribution in [2.45, 2.75) is 24.6 Å². The Morgan fingerprint density at radius 2 is 1.57 bits per heavy atom. The number of rotatable bonds is 6. The van der Waals surface area contributed by atoms with Crippen molar-refractivity contribution in [1.82, 2.24) is 9.21 Å². The van der Waals surface area contributed by atoms with Gasteiger partial charge in [0.2, 0.25) is 10.0 Å². The van der Waals surface area contributed by atoms with E-state index in [4.69, 9.17) is 9.47 Å². The van der Waals surface area contributed by atoms with Crippen molar-refractivity contribution in [2.75, 3.05) is 40.4 Å².